The molecule has 0 atom stereocenters. The lowest BCUT2D eigenvalue weighted by atomic mass is 9.55. The summed E-state index contributed by atoms with van der Waals surface area (Å²) in [5, 5.41) is 4.69. The Morgan fingerprint density at radius 3 is 1.84 bits per heavy atom. The Labute approximate surface area is 262 Å². The van der Waals surface area contributed by atoms with Crippen molar-refractivity contribution in [3.8, 4) is 11.1 Å². The lowest BCUT2D eigenvalue weighted by Crippen LogP contribution is -2.43. The first-order chi connectivity index (χ1) is 21.8. The van der Waals surface area contributed by atoms with Crippen molar-refractivity contribution in [2.45, 2.75) is 38.5 Å². The van der Waals surface area contributed by atoms with Gasteiger partial charge in [-0.05, 0) is 82.3 Å². The van der Waals surface area contributed by atoms with Gasteiger partial charge in [-0.3, -0.25) is 0 Å². The van der Waals surface area contributed by atoms with Crippen molar-refractivity contribution in [3.63, 3.8) is 0 Å². The van der Waals surface area contributed by atoms with Gasteiger partial charge in [0.15, 0.2) is 0 Å². The Hall–Kier alpha value is -5.28. The van der Waals surface area contributed by atoms with Crippen molar-refractivity contribution >= 4 is 60.9 Å². The van der Waals surface area contributed by atoms with Crippen LogP contribution in [0.3, 0.4) is 0 Å². The summed E-state index contributed by atoms with van der Waals surface area (Å²) in [6.45, 7) is 9.58. The summed E-state index contributed by atoms with van der Waals surface area (Å²) in [6.07, 6.45) is 0. The smallest absolute Gasteiger partial charge is 0.137 e. The zero-order valence-electron chi connectivity index (χ0n) is 25.9. The number of hydrogen-bond acceptors (Lipinski definition) is 3. The summed E-state index contributed by atoms with van der Waals surface area (Å²) in [5.74, 6) is 0. The largest absolute Gasteiger partial charge is 0.456 e. The monoisotopic (exact) mass is 583 g/mol. The van der Waals surface area contributed by atoms with Crippen molar-refractivity contribution in [3.05, 3.63) is 139 Å². The SMILES string of the molecule is CC1(C)c2cc(N(c3ccccc3)c3ccc4c(c3)oc3ccccc34)ccc2-c2ccc3oc4ccccc4c3c2C1(C)C. The molecule has 1 aliphatic rings. The molecule has 0 bridgehead atoms. The summed E-state index contributed by atoms with van der Waals surface area (Å²) in [5.41, 5.74) is 11.9. The Morgan fingerprint density at radius 1 is 0.444 bits per heavy atom. The number of fused-ring (bicyclic) bond motifs is 10. The average molecular weight is 584 g/mol. The van der Waals surface area contributed by atoms with E-state index in [1.807, 2.05) is 18.2 Å². The van der Waals surface area contributed by atoms with Crippen LogP contribution < -0.4 is 4.90 Å². The molecule has 3 nitrogen and oxygen atoms in total. The van der Waals surface area contributed by atoms with Crippen molar-refractivity contribution < 1.29 is 8.83 Å². The molecule has 8 aromatic rings. The number of benzene rings is 6. The molecule has 0 N–H and O–H groups in total. The van der Waals surface area contributed by atoms with E-state index >= 15 is 0 Å². The van der Waals surface area contributed by atoms with E-state index in [4.69, 9.17) is 8.83 Å². The molecule has 0 saturated carbocycles. The van der Waals surface area contributed by atoms with Gasteiger partial charge in [-0.2, -0.15) is 0 Å². The number of anilines is 3. The van der Waals surface area contributed by atoms with E-state index in [1.54, 1.807) is 0 Å². The van der Waals surface area contributed by atoms with Gasteiger partial charge in [0, 0.05) is 50.1 Å². The average Bonchev–Trinajstić information content (AvgIpc) is 3.62. The van der Waals surface area contributed by atoms with Crippen LogP contribution in [0.15, 0.2) is 136 Å². The fourth-order valence-electron chi connectivity index (χ4n) is 7.64. The van der Waals surface area contributed by atoms with E-state index in [2.05, 4.69) is 142 Å². The van der Waals surface area contributed by atoms with Gasteiger partial charge in [0.1, 0.15) is 22.3 Å². The summed E-state index contributed by atoms with van der Waals surface area (Å²) in [6, 6.07) is 45.3. The molecule has 2 heterocycles. The number of furan rings is 2. The third-order valence-corrected chi connectivity index (χ3v) is 10.6. The third kappa shape index (κ3) is 3.58. The minimum atomic E-state index is -0.178. The first kappa shape index (κ1) is 26.2. The highest BCUT2D eigenvalue weighted by Crippen LogP contribution is 2.57. The standard InChI is InChI=1S/C42H33NO2/c1-41(2)34-24-27(18-20-29(34)32-22-23-37-39(40(32)42(41,3)4)33-15-9-11-17-36(33)44-37)43(26-12-6-5-7-13-26)28-19-21-31-30-14-8-10-16-35(30)45-38(31)25-28/h5-25H,1-4H3. The molecular weight excluding hydrogens is 550 g/mol. The molecule has 0 aliphatic heterocycles. The first-order valence-corrected chi connectivity index (χ1v) is 15.7. The number of rotatable bonds is 3. The quantitative estimate of drug-likeness (QED) is 0.207. The molecule has 0 spiro atoms. The van der Waals surface area contributed by atoms with Gasteiger partial charge in [0.05, 0.1) is 0 Å². The van der Waals surface area contributed by atoms with Crippen molar-refractivity contribution in [1.29, 1.82) is 0 Å². The van der Waals surface area contributed by atoms with Crippen LogP contribution in [0.1, 0.15) is 38.8 Å². The van der Waals surface area contributed by atoms with Gasteiger partial charge in [0.2, 0.25) is 0 Å². The van der Waals surface area contributed by atoms with Crippen LogP contribution in [-0.4, -0.2) is 0 Å². The van der Waals surface area contributed by atoms with Crippen molar-refractivity contribution in [1.82, 2.24) is 0 Å². The second-order valence-corrected chi connectivity index (χ2v) is 13.4. The molecule has 0 radical (unpaired) electrons. The minimum absolute atomic E-state index is 0.176. The maximum atomic E-state index is 6.35. The Kier molecular flexibility index (Phi) is 5.30. The van der Waals surface area contributed by atoms with Crippen LogP contribution in [0.4, 0.5) is 17.1 Å². The molecule has 9 rings (SSSR count). The highest BCUT2D eigenvalue weighted by Gasteiger charge is 2.47. The highest BCUT2D eigenvalue weighted by atomic mass is 16.3. The lowest BCUT2D eigenvalue weighted by molar-refractivity contribution is 0.301. The predicted octanol–water partition coefficient (Wildman–Crippen LogP) is 12.2. The van der Waals surface area contributed by atoms with Crippen LogP contribution in [0, 0.1) is 0 Å². The van der Waals surface area contributed by atoms with Crippen LogP contribution in [-0.2, 0) is 10.8 Å². The molecular formula is C42H33NO2. The minimum Gasteiger partial charge on any atom is -0.456 e. The van der Waals surface area contributed by atoms with Crippen LogP contribution in [0.25, 0.3) is 55.0 Å². The Bertz CT molecular complexity index is 2440. The maximum absolute atomic E-state index is 6.35. The van der Waals surface area contributed by atoms with E-state index in [1.165, 1.54) is 33.0 Å². The molecule has 2 aromatic heterocycles. The van der Waals surface area contributed by atoms with Crippen LogP contribution in [0.2, 0.25) is 0 Å². The molecule has 0 saturated heterocycles. The lowest BCUT2D eigenvalue weighted by Gasteiger charge is -2.49. The first-order valence-electron chi connectivity index (χ1n) is 15.7. The summed E-state index contributed by atoms with van der Waals surface area (Å²) >= 11 is 0. The van der Waals surface area contributed by atoms with Crippen molar-refractivity contribution in [2.75, 3.05) is 4.90 Å². The molecule has 6 aromatic carbocycles. The van der Waals surface area contributed by atoms with E-state index in [9.17, 15) is 0 Å². The van der Waals surface area contributed by atoms with Crippen LogP contribution >= 0.6 is 0 Å². The fourth-order valence-corrected chi connectivity index (χ4v) is 7.64. The number of para-hydroxylation sites is 3. The molecule has 45 heavy (non-hydrogen) atoms. The summed E-state index contributed by atoms with van der Waals surface area (Å²) in [7, 11) is 0. The highest BCUT2D eigenvalue weighted by molar-refractivity contribution is 6.10. The van der Waals surface area contributed by atoms with E-state index < -0.39 is 0 Å². The zero-order valence-corrected chi connectivity index (χ0v) is 25.9. The normalized spacial score (nSPS) is 15.0. The maximum Gasteiger partial charge on any atom is 0.137 e. The van der Waals surface area contributed by atoms with Gasteiger partial charge >= 0.3 is 0 Å². The second-order valence-electron chi connectivity index (χ2n) is 13.4. The topological polar surface area (TPSA) is 29.5 Å². The fraction of sp³-hybridized carbons (Fsp3) is 0.143. The molecule has 0 unspecified atom stereocenters. The Balaban J connectivity index is 1.28. The van der Waals surface area contributed by atoms with Gasteiger partial charge in [-0.25, -0.2) is 0 Å². The zero-order chi connectivity index (χ0) is 30.5. The molecule has 1 aliphatic carbocycles. The molecule has 218 valence electrons. The van der Waals surface area contributed by atoms with Gasteiger partial charge in [-0.1, -0.05) is 94.4 Å². The molecule has 3 heteroatoms. The van der Waals surface area contributed by atoms with Gasteiger partial charge in [-0.15, -0.1) is 0 Å². The predicted molar refractivity (Wildman–Crippen MR) is 187 cm³/mol. The van der Waals surface area contributed by atoms with E-state index in [-0.39, 0.29) is 10.8 Å². The third-order valence-electron chi connectivity index (χ3n) is 10.6. The van der Waals surface area contributed by atoms with Gasteiger partial charge in [0.25, 0.3) is 0 Å². The van der Waals surface area contributed by atoms with E-state index in [0.29, 0.717) is 0 Å². The number of hydrogen-bond donors (Lipinski definition) is 0. The van der Waals surface area contributed by atoms with Crippen molar-refractivity contribution in [2.24, 2.45) is 0 Å². The van der Waals surface area contributed by atoms with Crippen LogP contribution in [0.5, 0.6) is 0 Å². The van der Waals surface area contributed by atoms with E-state index in [0.717, 1.165) is 50.2 Å². The van der Waals surface area contributed by atoms with Gasteiger partial charge < -0.3 is 13.7 Å². The summed E-state index contributed by atoms with van der Waals surface area (Å²) < 4.78 is 12.7. The second kappa shape index (κ2) is 9.12. The Morgan fingerprint density at radius 2 is 1.04 bits per heavy atom. The molecule has 0 amide bonds. The molecule has 0 fully saturated rings. The summed E-state index contributed by atoms with van der Waals surface area (Å²) in [4.78, 5) is 2.35. The number of nitrogens with zero attached hydrogens (tertiary/aromatic N) is 1.